The van der Waals surface area contributed by atoms with E-state index in [2.05, 4.69) is 29.1 Å². The molecule has 29 heavy (non-hydrogen) atoms. The average molecular weight is 397 g/mol. The molecule has 0 spiro atoms. The molecule has 1 saturated heterocycles. The van der Waals surface area contributed by atoms with Gasteiger partial charge < -0.3 is 14.2 Å². The zero-order chi connectivity index (χ0) is 20.8. The Morgan fingerprint density at radius 3 is 2.83 bits per heavy atom. The summed E-state index contributed by atoms with van der Waals surface area (Å²) in [4.78, 5) is 18.6. The van der Waals surface area contributed by atoms with E-state index in [4.69, 9.17) is 9.26 Å². The summed E-state index contributed by atoms with van der Waals surface area (Å²) in [5.41, 5.74) is 1.42. The highest BCUT2D eigenvalue weighted by molar-refractivity contribution is 5.83. The Hall–Kier alpha value is -2.90. The Kier molecular flexibility index (Phi) is 4.80. The first-order valence-electron chi connectivity index (χ1n) is 10.0. The van der Waals surface area contributed by atoms with E-state index in [1.54, 1.807) is 4.90 Å². The van der Waals surface area contributed by atoms with Gasteiger partial charge in [0.1, 0.15) is 5.60 Å². The lowest BCUT2D eigenvalue weighted by molar-refractivity contribution is 0.0291. The van der Waals surface area contributed by atoms with Crippen LogP contribution < -0.4 is 0 Å². The van der Waals surface area contributed by atoms with Crippen LogP contribution in [-0.4, -0.2) is 49.6 Å². The van der Waals surface area contributed by atoms with Gasteiger partial charge in [0.05, 0.1) is 17.6 Å². The van der Waals surface area contributed by atoms with Crippen molar-refractivity contribution in [3.8, 4) is 11.4 Å². The van der Waals surface area contributed by atoms with E-state index in [1.807, 2.05) is 49.8 Å². The molecule has 1 amide bonds. The van der Waals surface area contributed by atoms with Crippen molar-refractivity contribution in [1.82, 2.24) is 24.8 Å². The Labute approximate surface area is 169 Å². The van der Waals surface area contributed by atoms with E-state index in [0.29, 0.717) is 24.8 Å². The van der Waals surface area contributed by atoms with Gasteiger partial charge in [0.15, 0.2) is 0 Å². The van der Waals surface area contributed by atoms with Crippen molar-refractivity contribution in [1.29, 1.82) is 0 Å². The van der Waals surface area contributed by atoms with Crippen LogP contribution >= 0.6 is 0 Å². The van der Waals surface area contributed by atoms with Gasteiger partial charge in [-0.05, 0) is 47.1 Å². The maximum absolute atomic E-state index is 12.3. The number of carbonyl (C=O) groups excluding carboxylic acids is 1. The molecule has 1 fully saturated rings. The molecule has 1 aliphatic heterocycles. The second-order valence-electron chi connectivity index (χ2n) is 8.82. The first-order chi connectivity index (χ1) is 13.7. The predicted octanol–water partition coefficient (Wildman–Crippen LogP) is 4.39. The zero-order valence-corrected chi connectivity index (χ0v) is 17.5. The fourth-order valence-corrected chi connectivity index (χ4v) is 3.56. The third-order valence-electron chi connectivity index (χ3n) is 4.98. The predicted molar refractivity (Wildman–Crippen MR) is 109 cm³/mol. The van der Waals surface area contributed by atoms with Crippen LogP contribution in [-0.2, 0) is 4.74 Å². The van der Waals surface area contributed by atoms with Crippen LogP contribution in [0.2, 0.25) is 0 Å². The maximum atomic E-state index is 12.3. The third-order valence-corrected chi connectivity index (χ3v) is 4.98. The molecule has 3 heterocycles. The number of carbonyl (C=O) groups is 1. The molecule has 0 bridgehead atoms. The molecule has 0 N–H and O–H groups in total. The van der Waals surface area contributed by atoms with Crippen LogP contribution in [0.1, 0.15) is 58.9 Å². The lowest BCUT2D eigenvalue weighted by Crippen LogP contribution is -2.35. The normalized spacial score (nSPS) is 17.4. The van der Waals surface area contributed by atoms with Crippen LogP contribution in [0, 0.1) is 0 Å². The molecule has 4 rings (SSSR count). The quantitative estimate of drug-likeness (QED) is 0.651. The molecule has 0 unspecified atom stereocenters. The fraction of sp³-hybridized carbons (Fsp3) is 0.524. The largest absolute Gasteiger partial charge is 0.444 e. The van der Waals surface area contributed by atoms with Gasteiger partial charge >= 0.3 is 6.09 Å². The summed E-state index contributed by atoms with van der Waals surface area (Å²) in [5, 5.41) is 9.71. The lowest BCUT2D eigenvalue weighted by Gasteiger charge is -2.24. The highest BCUT2D eigenvalue weighted by atomic mass is 16.6. The van der Waals surface area contributed by atoms with Crippen LogP contribution in [0.25, 0.3) is 22.3 Å². The minimum Gasteiger partial charge on any atom is -0.444 e. The number of hydrogen-bond acceptors (Lipinski definition) is 6. The van der Waals surface area contributed by atoms with Crippen molar-refractivity contribution in [3.63, 3.8) is 0 Å². The number of aromatic nitrogens is 4. The van der Waals surface area contributed by atoms with Gasteiger partial charge in [-0.1, -0.05) is 17.3 Å². The molecule has 2 aromatic heterocycles. The molecule has 154 valence electrons. The molecule has 1 aromatic carbocycles. The number of rotatable bonds is 3. The number of ether oxygens (including phenoxy) is 1. The molecule has 1 atom stereocenters. The molecule has 8 heteroatoms. The minimum atomic E-state index is -0.506. The topological polar surface area (TPSA) is 86.3 Å². The second-order valence-corrected chi connectivity index (χ2v) is 8.82. The van der Waals surface area contributed by atoms with Crippen LogP contribution in [0.3, 0.4) is 0 Å². The number of benzene rings is 1. The summed E-state index contributed by atoms with van der Waals surface area (Å²) in [5.74, 6) is 1.13. The van der Waals surface area contributed by atoms with E-state index in [0.717, 1.165) is 22.9 Å². The summed E-state index contributed by atoms with van der Waals surface area (Å²) in [6.07, 6.45) is 2.34. The summed E-state index contributed by atoms with van der Waals surface area (Å²) in [6.45, 7) is 10.9. The Bertz CT molecular complexity index is 1030. The summed E-state index contributed by atoms with van der Waals surface area (Å²) < 4.78 is 13.0. The maximum Gasteiger partial charge on any atom is 0.410 e. The van der Waals surface area contributed by atoms with Gasteiger partial charge in [0.2, 0.25) is 11.7 Å². The van der Waals surface area contributed by atoms with Gasteiger partial charge in [-0.3, -0.25) is 4.68 Å². The van der Waals surface area contributed by atoms with E-state index in [-0.39, 0.29) is 18.1 Å². The molecular formula is C21H27N5O3. The minimum absolute atomic E-state index is 0.0219. The van der Waals surface area contributed by atoms with Crippen molar-refractivity contribution in [2.24, 2.45) is 0 Å². The van der Waals surface area contributed by atoms with E-state index in [1.165, 1.54) is 0 Å². The molecule has 0 radical (unpaired) electrons. The van der Waals surface area contributed by atoms with Crippen LogP contribution in [0.4, 0.5) is 4.79 Å². The molecular weight excluding hydrogens is 370 g/mol. The summed E-state index contributed by atoms with van der Waals surface area (Å²) in [7, 11) is 0. The van der Waals surface area contributed by atoms with Crippen molar-refractivity contribution in [3.05, 3.63) is 30.3 Å². The van der Waals surface area contributed by atoms with E-state index >= 15 is 0 Å². The molecule has 0 saturated carbocycles. The van der Waals surface area contributed by atoms with Gasteiger partial charge in [-0.25, -0.2) is 4.79 Å². The van der Waals surface area contributed by atoms with Crippen molar-refractivity contribution < 1.29 is 14.1 Å². The highest BCUT2D eigenvalue weighted by Crippen LogP contribution is 2.30. The number of nitrogens with zero attached hydrogens (tertiary/aromatic N) is 5. The first-order valence-corrected chi connectivity index (χ1v) is 10.0. The number of amides is 1. The molecule has 3 aromatic rings. The molecule has 8 nitrogen and oxygen atoms in total. The number of hydrogen-bond donors (Lipinski definition) is 0. The van der Waals surface area contributed by atoms with Gasteiger partial charge in [0.25, 0.3) is 0 Å². The van der Waals surface area contributed by atoms with Crippen LogP contribution in [0.15, 0.2) is 28.9 Å². The van der Waals surface area contributed by atoms with Gasteiger partial charge in [-0.2, -0.15) is 10.1 Å². The Morgan fingerprint density at radius 2 is 2.10 bits per heavy atom. The fourth-order valence-electron chi connectivity index (χ4n) is 3.56. The van der Waals surface area contributed by atoms with Gasteiger partial charge in [0, 0.05) is 30.1 Å². The average Bonchev–Trinajstić information content (AvgIpc) is 3.37. The smallest absolute Gasteiger partial charge is 0.410 e. The van der Waals surface area contributed by atoms with Crippen molar-refractivity contribution in [2.75, 3.05) is 13.1 Å². The standard InChI is InChI=1S/C21H27N5O3/c1-13(2)26-17-10-14(6-7-15(17)11-22-26)18-23-19(29-24-18)16-8-9-25(12-16)20(27)28-21(3,4)5/h6-7,10-11,13,16H,8-9,12H2,1-5H3/t16-/m0/s1. The zero-order valence-electron chi connectivity index (χ0n) is 17.5. The van der Waals surface area contributed by atoms with Gasteiger partial charge in [-0.15, -0.1) is 0 Å². The Morgan fingerprint density at radius 1 is 1.31 bits per heavy atom. The summed E-state index contributed by atoms with van der Waals surface area (Å²) in [6, 6.07) is 6.30. The third kappa shape index (κ3) is 3.97. The SMILES string of the molecule is CC(C)n1ncc2ccc(-c3noc([C@H]4CCN(C(=O)OC(C)(C)C)C4)n3)cc21. The number of likely N-dealkylation sites (tertiary alicyclic amines) is 1. The monoisotopic (exact) mass is 397 g/mol. The van der Waals surface area contributed by atoms with E-state index < -0.39 is 5.60 Å². The lowest BCUT2D eigenvalue weighted by atomic mass is 10.1. The molecule has 0 aliphatic carbocycles. The highest BCUT2D eigenvalue weighted by Gasteiger charge is 2.33. The van der Waals surface area contributed by atoms with Crippen LogP contribution in [0.5, 0.6) is 0 Å². The molecule has 1 aliphatic rings. The summed E-state index contributed by atoms with van der Waals surface area (Å²) >= 11 is 0. The second kappa shape index (κ2) is 7.17. The van der Waals surface area contributed by atoms with Crippen molar-refractivity contribution in [2.45, 2.75) is 58.6 Å². The van der Waals surface area contributed by atoms with E-state index in [9.17, 15) is 4.79 Å². The number of fused-ring (bicyclic) bond motifs is 1. The first kappa shape index (κ1) is 19.4. The Balaban J connectivity index is 1.51. The van der Waals surface area contributed by atoms with Crippen molar-refractivity contribution >= 4 is 17.0 Å².